The van der Waals surface area contributed by atoms with Gasteiger partial charge < -0.3 is 9.80 Å². The minimum Gasteiger partial charge on any atom is -0.353 e. The molecular formula is C24H27FN6O. The van der Waals surface area contributed by atoms with Crippen LogP contribution in [0.4, 0.5) is 10.2 Å². The van der Waals surface area contributed by atoms with Crippen molar-refractivity contribution in [1.29, 1.82) is 0 Å². The molecular weight excluding hydrogens is 407 g/mol. The molecule has 7 nitrogen and oxygen atoms in total. The molecule has 1 aliphatic heterocycles. The molecule has 1 saturated carbocycles. The van der Waals surface area contributed by atoms with Crippen LogP contribution in [-0.2, 0) is 10.2 Å². The Kier molecular flexibility index (Phi) is 4.95. The molecule has 0 N–H and O–H groups in total. The fourth-order valence-electron chi connectivity index (χ4n) is 4.63. The number of aryl methyl sites for hydroxylation is 3. The lowest BCUT2D eigenvalue weighted by Gasteiger charge is -2.37. The predicted octanol–water partition coefficient (Wildman–Crippen LogP) is 3.11. The summed E-state index contributed by atoms with van der Waals surface area (Å²) in [7, 11) is 0. The molecule has 2 fully saturated rings. The Hall–Kier alpha value is -3.29. The average Bonchev–Trinajstić information content (AvgIpc) is 3.52. The lowest BCUT2D eigenvalue weighted by Crippen LogP contribution is -2.51. The van der Waals surface area contributed by atoms with Gasteiger partial charge in [0.15, 0.2) is 5.82 Å². The van der Waals surface area contributed by atoms with Gasteiger partial charge in [-0.3, -0.25) is 4.79 Å². The number of piperazine rings is 1. The quantitative estimate of drug-likeness (QED) is 0.631. The molecule has 1 aliphatic carbocycles. The second-order valence-electron chi connectivity index (χ2n) is 8.84. The lowest BCUT2D eigenvalue weighted by atomic mass is 9.94. The number of amides is 1. The molecule has 3 heterocycles. The largest absolute Gasteiger partial charge is 0.353 e. The van der Waals surface area contributed by atoms with Crippen LogP contribution in [0.2, 0.25) is 0 Å². The van der Waals surface area contributed by atoms with Gasteiger partial charge in [-0.1, -0.05) is 12.1 Å². The fourth-order valence-corrected chi connectivity index (χ4v) is 4.63. The number of carbonyl (C=O) groups is 1. The van der Waals surface area contributed by atoms with Crippen LogP contribution in [0.25, 0.3) is 5.82 Å². The summed E-state index contributed by atoms with van der Waals surface area (Å²) in [6, 6.07) is 10.4. The maximum absolute atomic E-state index is 13.3. The zero-order chi connectivity index (χ0) is 22.5. The molecule has 1 saturated heterocycles. The van der Waals surface area contributed by atoms with Gasteiger partial charge in [0.25, 0.3) is 0 Å². The Bertz CT molecular complexity index is 1160. The van der Waals surface area contributed by atoms with Crippen LogP contribution >= 0.6 is 0 Å². The third-order valence-corrected chi connectivity index (χ3v) is 6.48. The summed E-state index contributed by atoms with van der Waals surface area (Å²) in [4.78, 5) is 26.7. The van der Waals surface area contributed by atoms with E-state index in [2.05, 4.69) is 20.0 Å². The first-order valence-electron chi connectivity index (χ1n) is 11.1. The van der Waals surface area contributed by atoms with Crippen LogP contribution in [-0.4, -0.2) is 56.7 Å². The molecule has 0 radical (unpaired) electrons. The van der Waals surface area contributed by atoms with Gasteiger partial charge in [-0.05, 0) is 57.4 Å². The van der Waals surface area contributed by atoms with E-state index < -0.39 is 5.41 Å². The number of nitrogens with zero attached hydrogens (tertiary/aromatic N) is 6. The number of hydrogen-bond acceptors (Lipinski definition) is 5. The number of halogens is 1. The maximum Gasteiger partial charge on any atom is 0.233 e. The summed E-state index contributed by atoms with van der Waals surface area (Å²) in [6.07, 6.45) is 1.66. The molecule has 3 aromatic rings. The molecule has 2 aliphatic rings. The van der Waals surface area contributed by atoms with Gasteiger partial charge in [0, 0.05) is 37.9 Å². The third kappa shape index (κ3) is 3.63. The minimum absolute atomic E-state index is 0.158. The van der Waals surface area contributed by atoms with Crippen LogP contribution in [0, 0.1) is 26.6 Å². The van der Waals surface area contributed by atoms with Gasteiger partial charge in [-0.2, -0.15) is 5.10 Å². The summed E-state index contributed by atoms with van der Waals surface area (Å²) in [5.74, 6) is 2.19. The minimum atomic E-state index is -0.468. The van der Waals surface area contributed by atoms with Gasteiger partial charge in [-0.25, -0.2) is 19.0 Å². The molecule has 0 bridgehead atoms. The molecule has 32 heavy (non-hydrogen) atoms. The average molecular weight is 435 g/mol. The van der Waals surface area contributed by atoms with Gasteiger partial charge in [0.2, 0.25) is 5.91 Å². The van der Waals surface area contributed by atoms with E-state index >= 15 is 0 Å². The first kappa shape index (κ1) is 20.6. The first-order valence-corrected chi connectivity index (χ1v) is 11.1. The number of benzene rings is 1. The van der Waals surface area contributed by atoms with Crippen molar-refractivity contribution >= 4 is 11.7 Å². The summed E-state index contributed by atoms with van der Waals surface area (Å²) in [5.41, 5.74) is 2.43. The Labute approximate surface area is 186 Å². The second kappa shape index (κ2) is 7.69. The number of carbonyl (C=O) groups excluding carboxylic acids is 1. The van der Waals surface area contributed by atoms with E-state index in [0.29, 0.717) is 32.0 Å². The predicted molar refractivity (Wildman–Crippen MR) is 119 cm³/mol. The van der Waals surface area contributed by atoms with Gasteiger partial charge in [0.1, 0.15) is 17.5 Å². The standard InChI is InChI=1S/C24H27FN6O/c1-16-14-17(2)31(28-16)22-15-21(26-18(3)27-22)29-10-12-30(13-11-29)23(32)24(8-9-24)19-4-6-20(25)7-5-19/h4-7,14-15H,8-13H2,1-3H3. The zero-order valence-electron chi connectivity index (χ0n) is 18.7. The van der Waals surface area contributed by atoms with Crippen LogP contribution in [0.5, 0.6) is 0 Å². The smallest absolute Gasteiger partial charge is 0.233 e. The van der Waals surface area contributed by atoms with Crippen molar-refractivity contribution in [3.63, 3.8) is 0 Å². The van der Waals surface area contributed by atoms with E-state index in [1.54, 1.807) is 12.1 Å². The van der Waals surface area contributed by atoms with E-state index in [1.165, 1.54) is 12.1 Å². The highest BCUT2D eigenvalue weighted by Crippen LogP contribution is 2.49. The van der Waals surface area contributed by atoms with Crippen LogP contribution < -0.4 is 4.90 Å². The molecule has 166 valence electrons. The molecule has 1 aromatic carbocycles. The Morgan fingerprint density at radius 3 is 2.19 bits per heavy atom. The van der Waals surface area contributed by atoms with Crippen molar-refractivity contribution in [2.75, 3.05) is 31.1 Å². The van der Waals surface area contributed by atoms with Gasteiger partial charge >= 0.3 is 0 Å². The molecule has 5 rings (SSSR count). The van der Waals surface area contributed by atoms with Crippen molar-refractivity contribution in [2.24, 2.45) is 0 Å². The van der Waals surface area contributed by atoms with Gasteiger partial charge in [0.05, 0.1) is 11.1 Å². The Morgan fingerprint density at radius 1 is 0.938 bits per heavy atom. The monoisotopic (exact) mass is 434 g/mol. The van der Waals surface area contributed by atoms with Crippen molar-refractivity contribution in [2.45, 2.75) is 39.0 Å². The molecule has 2 aromatic heterocycles. The normalized spacial score (nSPS) is 17.5. The second-order valence-corrected chi connectivity index (χ2v) is 8.84. The molecule has 0 spiro atoms. The first-order chi connectivity index (χ1) is 15.4. The van der Waals surface area contributed by atoms with Crippen molar-refractivity contribution in [1.82, 2.24) is 24.6 Å². The van der Waals surface area contributed by atoms with Crippen molar-refractivity contribution < 1.29 is 9.18 Å². The highest BCUT2D eigenvalue weighted by molar-refractivity contribution is 5.91. The molecule has 0 atom stereocenters. The fraction of sp³-hybridized carbons (Fsp3) is 0.417. The van der Waals surface area contributed by atoms with E-state index in [-0.39, 0.29) is 11.7 Å². The van der Waals surface area contributed by atoms with E-state index in [0.717, 1.165) is 41.4 Å². The summed E-state index contributed by atoms with van der Waals surface area (Å²) >= 11 is 0. The molecule has 8 heteroatoms. The summed E-state index contributed by atoms with van der Waals surface area (Å²) in [5, 5.41) is 4.54. The Morgan fingerprint density at radius 2 is 1.59 bits per heavy atom. The summed E-state index contributed by atoms with van der Waals surface area (Å²) in [6.45, 7) is 8.55. The third-order valence-electron chi connectivity index (χ3n) is 6.48. The van der Waals surface area contributed by atoms with Gasteiger partial charge in [-0.15, -0.1) is 0 Å². The highest BCUT2D eigenvalue weighted by atomic mass is 19.1. The van der Waals surface area contributed by atoms with E-state index in [4.69, 9.17) is 0 Å². The SMILES string of the molecule is Cc1cc(C)n(-c2cc(N3CCN(C(=O)C4(c5ccc(F)cc5)CC4)CC3)nc(C)n2)n1. The highest BCUT2D eigenvalue weighted by Gasteiger charge is 2.53. The summed E-state index contributed by atoms with van der Waals surface area (Å²) < 4.78 is 15.2. The van der Waals surface area contributed by atoms with Crippen LogP contribution in [0.1, 0.15) is 35.6 Å². The zero-order valence-corrected chi connectivity index (χ0v) is 18.7. The topological polar surface area (TPSA) is 67.2 Å². The molecule has 1 amide bonds. The Balaban J connectivity index is 1.30. The molecule has 0 unspecified atom stereocenters. The van der Waals surface area contributed by atoms with Crippen molar-refractivity contribution in [3.05, 3.63) is 65.0 Å². The number of hydrogen-bond donors (Lipinski definition) is 0. The number of rotatable bonds is 4. The number of aromatic nitrogens is 4. The lowest BCUT2D eigenvalue weighted by molar-refractivity contribution is -0.134. The number of anilines is 1. The maximum atomic E-state index is 13.3. The van der Waals surface area contributed by atoms with Crippen molar-refractivity contribution in [3.8, 4) is 5.82 Å². The van der Waals surface area contributed by atoms with Crippen LogP contribution in [0.15, 0.2) is 36.4 Å². The van der Waals surface area contributed by atoms with E-state index in [9.17, 15) is 9.18 Å². The van der Waals surface area contributed by atoms with Crippen LogP contribution in [0.3, 0.4) is 0 Å². The van der Waals surface area contributed by atoms with E-state index in [1.807, 2.05) is 42.5 Å².